The van der Waals surface area contributed by atoms with Gasteiger partial charge in [0.05, 0.1) is 16.9 Å². The highest BCUT2D eigenvalue weighted by Crippen LogP contribution is 2.27. The lowest BCUT2D eigenvalue weighted by Crippen LogP contribution is -2.34. The van der Waals surface area contributed by atoms with Crippen LogP contribution in [0, 0.1) is 6.92 Å². The normalized spacial score (nSPS) is 10.9. The van der Waals surface area contributed by atoms with Gasteiger partial charge in [0.1, 0.15) is 5.82 Å². The number of hydrogen-bond acceptors (Lipinski definition) is 3. The second-order valence-corrected chi connectivity index (χ2v) is 5.48. The topological polar surface area (TPSA) is 38.1 Å². The first kappa shape index (κ1) is 15.3. The van der Waals surface area contributed by atoms with Crippen LogP contribution in [0.3, 0.4) is 0 Å². The van der Waals surface area contributed by atoms with Crippen molar-refractivity contribution in [2.75, 3.05) is 11.4 Å². The molecular weight excluding hydrogens is 262 g/mol. The predicted octanol–water partition coefficient (Wildman–Crippen LogP) is 3.62. The number of carbonyl (C=O) groups excluding carboxylic acids is 1. The minimum Gasteiger partial charge on any atom is -0.353 e. The van der Waals surface area contributed by atoms with Crippen LogP contribution in [0.25, 0.3) is 5.69 Å². The molecule has 112 valence electrons. The summed E-state index contributed by atoms with van der Waals surface area (Å²) in [6.45, 7) is 9.21. The monoisotopic (exact) mass is 285 g/mol. The largest absolute Gasteiger partial charge is 0.353 e. The maximum atomic E-state index is 11.5. The quantitative estimate of drug-likeness (QED) is 0.761. The average Bonchev–Trinajstić information content (AvgIpc) is 2.81. The summed E-state index contributed by atoms with van der Waals surface area (Å²) < 4.78 is 1.88. The smallest absolute Gasteiger partial charge is 0.155 e. The van der Waals surface area contributed by atoms with Gasteiger partial charge in [-0.1, -0.05) is 25.1 Å². The molecule has 1 aromatic heterocycles. The summed E-state index contributed by atoms with van der Waals surface area (Å²) in [7, 11) is 0. The molecule has 0 spiro atoms. The number of hydrogen-bond donors (Lipinski definition) is 0. The fraction of sp³-hybridized carbons (Fsp3) is 0.412. The molecule has 4 nitrogen and oxygen atoms in total. The van der Waals surface area contributed by atoms with Crippen LogP contribution in [0.5, 0.6) is 0 Å². The van der Waals surface area contributed by atoms with Crippen LogP contribution in [0.1, 0.15) is 43.2 Å². The van der Waals surface area contributed by atoms with Crippen molar-refractivity contribution < 1.29 is 4.79 Å². The number of aryl methyl sites for hydroxylation is 1. The molecule has 0 aliphatic carbocycles. The Hall–Kier alpha value is -2.10. The minimum absolute atomic E-state index is 0.308. The summed E-state index contributed by atoms with van der Waals surface area (Å²) in [5, 5.41) is 4.58. The molecule has 4 heteroatoms. The fourth-order valence-corrected chi connectivity index (χ4v) is 2.54. The Labute approximate surface area is 126 Å². The van der Waals surface area contributed by atoms with Gasteiger partial charge in [0.2, 0.25) is 0 Å². The third-order valence-electron chi connectivity index (χ3n) is 3.56. The molecule has 0 aliphatic rings. The maximum absolute atomic E-state index is 11.5. The predicted molar refractivity (Wildman–Crippen MR) is 86.5 cm³/mol. The van der Waals surface area contributed by atoms with Crippen LogP contribution in [-0.4, -0.2) is 28.7 Å². The molecule has 0 saturated heterocycles. The number of aromatic nitrogens is 2. The van der Waals surface area contributed by atoms with E-state index in [9.17, 15) is 4.79 Å². The number of rotatable bonds is 6. The third kappa shape index (κ3) is 2.99. The van der Waals surface area contributed by atoms with E-state index in [-0.39, 0.29) is 0 Å². The van der Waals surface area contributed by atoms with Gasteiger partial charge in [0, 0.05) is 12.6 Å². The molecule has 0 atom stereocenters. The Morgan fingerprint density at radius 1 is 1.29 bits per heavy atom. The second-order valence-electron chi connectivity index (χ2n) is 5.48. The zero-order chi connectivity index (χ0) is 15.4. The SMILES string of the molecule is CCCN(c1c(C=O)c(C)nn1-c1ccccc1)C(C)C. The van der Waals surface area contributed by atoms with Crippen LogP contribution in [0.15, 0.2) is 30.3 Å². The molecule has 0 aliphatic heterocycles. The van der Waals surface area contributed by atoms with E-state index in [4.69, 9.17) is 0 Å². The van der Waals surface area contributed by atoms with Gasteiger partial charge in [-0.15, -0.1) is 0 Å². The number of nitrogens with zero attached hydrogens (tertiary/aromatic N) is 3. The zero-order valence-corrected chi connectivity index (χ0v) is 13.2. The van der Waals surface area contributed by atoms with E-state index in [1.54, 1.807) is 0 Å². The van der Waals surface area contributed by atoms with Crippen LogP contribution in [0.2, 0.25) is 0 Å². The van der Waals surface area contributed by atoms with Crippen LogP contribution >= 0.6 is 0 Å². The van der Waals surface area contributed by atoms with Crippen molar-refractivity contribution in [2.45, 2.75) is 40.2 Å². The van der Waals surface area contributed by atoms with E-state index in [2.05, 4.69) is 30.8 Å². The Balaban J connectivity index is 2.64. The van der Waals surface area contributed by atoms with Gasteiger partial charge in [0.25, 0.3) is 0 Å². The fourth-order valence-electron chi connectivity index (χ4n) is 2.54. The first-order valence-electron chi connectivity index (χ1n) is 7.47. The van der Waals surface area contributed by atoms with Gasteiger partial charge >= 0.3 is 0 Å². The summed E-state index contributed by atoms with van der Waals surface area (Å²) in [4.78, 5) is 13.8. The molecule has 1 heterocycles. The van der Waals surface area contributed by atoms with Gasteiger partial charge < -0.3 is 4.90 Å². The number of carbonyl (C=O) groups is 1. The molecule has 21 heavy (non-hydrogen) atoms. The molecule has 0 amide bonds. The average molecular weight is 285 g/mol. The van der Waals surface area contributed by atoms with Crippen molar-refractivity contribution in [3.63, 3.8) is 0 Å². The second kappa shape index (κ2) is 6.57. The molecule has 0 N–H and O–H groups in total. The van der Waals surface area contributed by atoms with Gasteiger partial charge in [0.15, 0.2) is 6.29 Å². The van der Waals surface area contributed by atoms with Crippen molar-refractivity contribution in [1.29, 1.82) is 0 Å². The van der Waals surface area contributed by atoms with Crippen molar-refractivity contribution in [1.82, 2.24) is 9.78 Å². The lowest BCUT2D eigenvalue weighted by molar-refractivity contribution is 0.112. The molecule has 0 radical (unpaired) electrons. The minimum atomic E-state index is 0.308. The van der Waals surface area contributed by atoms with E-state index in [0.717, 1.165) is 36.5 Å². The zero-order valence-electron chi connectivity index (χ0n) is 13.2. The van der Waals surface area contributed by atoms with E-state index >= 15 is 0 Å². The molecule has 0 bridgehead atoms. The number of para-hydroxylation sites is 1. The lowest BCUT2D eigenvalue weighted by Gasteiger charge is -2.29. The standard InChI is InChI=1S/C17H23N3O/c1-5-11-19(13(2)3)17-16(12-21)14(4)18-20(17)15-9-7-6-8-10-15/h6-10,12-13H,5,11H2,1-4H3. The summed E-state index contributed by atoms with van der Waals surface area (Å²) >= 11 is 0. The van der Waals surface area contributed by atoms with Crippen molar-refractivity contribution >= 4 is 12.1 Å². The van der Waals surface area contributed by atoms with E-state index in [0.29, 0.717) is 11.6 Å². The van der Waals surface area contributed by atoms with Crippen molar-refractivity contribution in [3.05, 3.63) is 41.6 Å². The van der Waals surface area contributed by atoms with Gasteiger partial charge in [-0.2, -0.15) is 5.10 Å². The van der Waals surface area contributed by atoms with Gasteiger partial charge in [-0.3, -0.25) is 4.79 Å². The number of anilines is 1. The molecule has 2 aromatic rings. The van der Waals surface area contributed by atoms with Gasteiger partial charge in [-0.25, -0.2) is 4.68 Å². The Bertz CT molecular complexity index is 602. The molecule has 2 rings (SSSR count). The highest BCUT2D eigenvalue weighted by Gasteiger charge is 2.22. The van der Waals surface area contributed by atoms with Crippen LogP contribution < -0.4 is 4.90 Å². The van der Waals surface area contributed by atoms with Gasteiger partial charge in [-0.05, 0) is 39.3 Å². The molecule has 0 fully saturated rings. The molecule has 1 aromatic carbocycles. The van der Waals surface area contributed by atoms with Crippen molar-refractivity contribution in [3.8, 4) is 5.69 Å². The van der Waals surface area contributed by atoms with Crippen molar-refractivity contribution in [2.24, 2.45) is 0 Å². The van der Waals surface area contributed by atoms with Crippen LogP contribution in [0.4, 0.5) is 5.82 Å². The van der Waals surface area contributed by atoms with E-state index < -0.39 is 0 Å². The number of benzene rings is 1. The Morgan fingerprint density at radius 2 is 1.95 bits per heavy atom. The third-order valence-corrected chi connectivity index (χ3v) is 3.56. The highest BCUT2D eigenvalue weighted by molar-refractivity contribution is 5.85. The number of aldehydes is 1. The Morgan fingerprint density at radius 3 is 2.48 bits per heavy atom. The summed E-state index contributed by atoms with van der Waals surface area (Å²) in [6.07, 6.45) is 1.94. The van der Waals surface area contributed by atoms with E-state index in [1.807, 2.05) is 41.9 Å². The molecule has 0 unspecified atom stereocenters. The first-order valence-corrected chi connectivity index (χ1v) is 7.47. The lowest BCUT2D eigenvalue weighted by atomic mass is 10.2. The summed E-state index contributed by atoms with van der Waals surface area (Å²) in [5.41, 5.74) is 2.43. The maximum Gasteiger partial charge on any atom is 0.155 e. The summed E-state index contributed by atoms with van der Waals surface area (Å²) in [6, 6.07) is 10.3. The molecule has 0 saturated carbocycles. The Kier molecular flexibility index (Phi) is 4.78. The highest BCUT2D eigenvalue weighted by atomic mass is 16.1. The van der Waals surface area contributed by atoms with E-state index in [1.165, 1.54) is 0 Å². The summed E-state index contributed by atoms with van der Waals surface area (Å²) in [5.74, 6) is 0.894. The molecular formula is C17H23N3O. The first-order chi connectivity index (χ1) is 10.1. The van der Waals surface area contributed by atoms with Crippen LogP contribution in [-0.2, 0) is 0 Å².